The number of esters is 1. The molecule has 0 spiro atoms. The Morgan fingerprint density at radius 3 is 2.71 bits per heavy atom. The molecule has 1 heterocycles. The van der Waals surface area contributed by atoms with Crippen LogP contribution in [0.1, 0.15) is 62.5 Å². The van der Waals surface area contributed by atoms with Gasteiger partial charge in [0.25, 0.3) is 0 Å². The Kier molecular flexibility index (Phi) is 8.94. The zero-order valence-corrected chi connectivity index (χ0v) is 18.0. The highest BCUT2D eigenvalue weighted by atomic mass is 32.1. The number of nitrogens with one attached hydrogen (secondary N) is 1. The maximum Gasteiger partial charge on any atom is 0.320 e. The molecule has 1 aliphatic rings. The van der Waals surface area contributed by atoms with Crippen molar-refractivity contribution in [2.45, 2.75) is 59.3 Å². The number of carbonyl (C=O) groups excluding carboxylic acids is 2. The molecule has 1 aliphatic carbocycles. The molecule has 0 bridgehead atoms. The summed E-state index contributed by atoms with van der Waals surface area (Å²) < 4.78 is 5.03. The molecule has 0 fully saturated rings. The highest BCUT2D eigenvalue weighted by Gasteiger charge is 2.21. The lowest BCUT2D eigenvalue weighted by Gasteiger charge is -2.22. The Morgan fingerprint density at radius 2 is 2.04 bits per heavy atom. The summed E-state index contributed by atoms with van der Waals surface area (Å²) in [6, 6.07) is 2.29. The third-order valence-corrected chi connectivity index (χ3v) is 5.93. The van der Waals surface area contributed by atoms with Gasteiger partial charge in [-0.3, -0.25) is 14.5 Å². The lowest BCUT2D eigenvalue weighted by Crippen LogP contribution is -2.36. The molecule has 1 amide bonds. The van der Waals surface area contributed by atoms with Gasteiger partial charge in [0, 0.05) is 24.4 Å². The van der Waals surface area contributed by atoms with Crippen molar-refractivity contribution < 1.29 is 14.3 Å². The molecule has 0 saturated carbocycles. The zero-order valence-electron chi connectivity index (χ0n) is 17.2. The number of fused-ring (bicyclic) bond motifs is 1. The summed E-state index contributed by atoms with van der Waals surface area (Å²) in [5.74, 6) is -0.00141. The molecule has 154 valence electrons. The van der Waals surface area contributed by atoms with Gasteiger partial charge < -0.3 is 10.1 Å². The topological polar surface area (TPSA) is 82.4 Å². The molecular weight excluding hydrogens is 374 g/mol. The van der Waals surface area contributed by atoms with Crippen LogP contribution in [0.2, 0.25) is 0 Å². The summed E-state index contributed by atoms with van der Waals surface area (Å²) in [6.45, 7) is 7.70. The minimum atomic E-state index is -0.266. The Bertz CT molecular complexity index is 721. The van der Waals surface area contributed by atoms with E-state index in [-0.39, 0.29) is 24.8 Å². The first kappa shape index (κ1) is 22.4. The molecular formula is C21H31N3O3S. The standard InChI is InChI=1S/C21H31N3O3S/c1-4-27-20(26)14-24(13-15(2)3)11-10-19(25)23-21-17(12-22)16-8-6-5-7-9-18(16)28-21/h15H,4-11,13-14H2,1-3H3,(H,23,25). The van der Waals surface area contributed by atoms with Gasteiger partial charge in [-0.1, -0.05) is 20.3 Å². The molecule has 0 radical (unpaired) electrons. The summed E-state index contributed by atoms with van der Waals surface area (Å²) >= 11 is 1.55. The molecule has 0 unspecified atom stereocenters. The second-order valence-electron chi connectivity index (χ2n) is 7.61. The van der Waals surface area contributed by atoms with Gasteiger partial charge in [-0.05, 0) is 44.1 Å². The van der Waals surface area contributed by atoms with Gasteiger partial charge in [0.2, 0.25) is 5.91 Å². The van der Waals surface area contributed by atoms with Crippen molar-refractivity contribution in [1.82, 2.24) is 4.90 Å². The maximum absolute atomic E-state index is 12.5. The molecule has 1 aromatic rings. The van der Waals surface area contributed by atoms with Crippen molar-refractivity contribution in [2.75, 3.05) is 31.6 Å². The molecule has 28 heavy (non-hydrogen) atoms. The van der Waals surface area contributed by atoms with Crippen molar-refractivity contribution in [1.29, 1.82) is 5.26 Å². The Balaban J connectivity index is 1.97. The van der Waals surface area contributed by atoms with Gasteiger partial charge in [-0.25, -0.2) is 0 Å². The van der Waals surface area contributed by atoms with E-state index in [1.807, 2.05) is 4.90 Å². The van der Waals surface area contributed by atoms with Crippen molar-refractivity contribution in [3.8, 4) is 6.07 Å². The van der Waals surface area contributed by atoms with Crippen LogP contribution in [0, 0.1) is 17.2 Å². The maximum atomic E-state index is 12.5. The van der Waals surface area contributed by atoms with Crippen LogP contribution in [0.5, 0.6) is 0 Å². The van der Waals surface area contributed by atoms with Gasteiger partial charge >= 0.3 is 5.97 Å². The van der Waals surface area contributed by atoms with Crippen LogP contribution in [-0.2, 0) is 27.2 Å². The quantitative estimate of drug-likeness (QED) is 0.500. The average molecular weight is 406 g/mol. The largest absolute Gasteiger partial charge is 0.465 e. The van der Waals surface area contributed by atoms with E-state index >= 15 is 0 Å². The summed E-state index contributed by atoms with van der Waals surface area (Å²) in [7, 11) is 0. The number of hydrogen-bond acceptors (Lipinski definition) is 6. The number of thiophene rings is 1. The smallest absolute Gasteiger partial charge is 0.320 e. The third kappa shape index (κ3) is 6.61. The fraction of sp³-hybridized carbons (Fsp3) is 0.667. The van der Waals surface area contributed by atoms with Gasteiger partial charge in [0.15, 0.2) is 0 Å². The van der Waals surface area contributed by atoms with E-state index in [2.05, 4.69) is 25.2 Å². The predicted octanol–water partition coefficient (Wildman–Crippen LogP) is 3.74. The van der Waals surface area contributed by atoms with Crippen LogP contribution in [-0.4, -0.2) is 43.0 Å². The molecule has 6 nitrogen and oxygen atoms in total. The summed E-state index contributed by atoms with van der Waals surface area (Å²) in [4.78, 5) is 27.5. The van der Waals surface area contributed by atoms with Gasteiger partial charge in [-0.2, -0.15) is 5.26 Å². The minimum Gasteiger partial charge on any atom is -0.465 e. The molecule has 1 aromatic heterocycles. The second-order valence-corrected chi connectivity index (χ2v) is 8.72. The van der Waals surface area contributed by atoms with Crippen LogP contribution in [0.15, 0.2) is 0 Å². The molecule has 0 atom stereocenters. The first-order chi connectivity index (χ1) is 13.4. The number of hydrogen-bond donors (Lipinski definition) is 1. The Hall–Kier alpha value is -1.91. The average Bonchev–Trinajstić information content (AvgIpc) is 2.79. The van der Waals surface area contributed by atoms with E-state index in [0.717, 1.165) is 37.8 Å². The zero-order chi connectivity index (χ0) is 20.5. The van der Waals surface area contributed by atoms with Crippen molar-refractivity contribution >= 4 is 28.2 Å². The number of amides is 1. The van der Waals surface area contributed by atoms with Crippen molar-refractivity contribution in [3.05, 3.63) is 16.0 Å². The number of rotatable bonds is 9. The molecule has 7 heteroatoms. The summed E-state index contributed by atoms with van der Waals surface area (Å²) in [5.41, 5.74) is 1.77. The van der Waals surface area contributed by atoms with E-state index in [1.54, 1.807) is 18.3 Å². The normalized spacial score (nSPS) is 13.7. The van der Waals surface area contributed by atoms with E-state index < -0.39 is 0 Å². The van der Waals surface area contributed by atoms with E-state index in [4.69, 9.17) is 4.74 Å². The van der Waals surface area contributed by atoms with Crippen LogP contribution in [0.25, 0.3) is 0 Å². The highest BCUT2D eigenvalue weighted by molar-refractivity contribution is 7.16. The SMILES string of the molecule is CCOC(=O)CN(CCC(=O)Nc1sc2c(c1C#N)CCCCC2)CC(C)C. The number of aryl methyl sites for hydroxylation is 1. The number of anilines is 1. The predicted molar refractivity (Wildman–Crippen MR) is 111 cm³/mol. The Labute approximate surface area is 171 Å². The lowest BCUT2D eigenvalue weighted by molar-refractivity contribution is -0.144. The first-order valence-corrected chi connectivity index (χ1v) is 11.0. The fourth-order valence-electron chi connectivity index (χ4n) is 3.54. The lowest BCUT2D eigenvalue weighted by atomic mass is 10.1. The van der Waals surface area contributed by atoms with Crippen molar-refractivity contribution in [3.63, 3.8) is 0 Å². The van der Waals surface area contributed by atoms with E-state index in [9.17, 15) is 14.9 Å². The number of ether oxygens (including phenoxy) is 1. The monoisotopic (exact) mass is 405 g/mol. The number of nitrogens with zero attached hydrogens (tertiary/aromatic N) is 2. The van der Waals surface area contributed by atoms with E-state index in [0.29, 0.717) is 29.6 Å². The molecule has 2 rings (SSSR count). The second kappa shape index (κ2) is 11.2. The Morgan fingerprint density at radius 1 is 1.29 bits per heavy atom. The van der Waals surface area contributed by atoms with Gasteiger partial charge in [0.1, 0.15) is 11.1 Å². The first-order valence-electron chi connectivity index (χ1n) is 10.2. The van der Waals surface area contributed by atoms with Gasteiger partial charge in [-0.15, -0.1) is 11.3 Å². The molecule has 0 aromatic carbocycles. The van der Waals surface area contributed by atoms with Crippen LogP contribution in [0.4, 0.5) is 5.00 Å². The van der Waals surface area contributed by atoms with Crippen LogP contribution >= 0.6 is 11.3 Å². The van der Waals surface area contributed by atoms with E-state index in [1.165, 1.54) is 11.3 Å². The fourth-order valence-corrected chi connectivity index (χ4v) is 4.79. The number of nitriles is 1. The number of carbonyl (C=O) groups is 2. The molecule has 1 N–H and O–H groups in total. The van der Waals surface area contributed by atoms with Crippen LogP contribution in [0.3, 0.4) is 0 Å². The highest BCUT2D eigenvalue weighted by Crippen LogP contribution is 2.37. The van der Waals surface area contributed by atoms with Crippen LogP contribution < -0.4 is 5.32 Å². The summed E-state index contributed by atoms with van der Waals surface area (Å²) in [5, 5.41) is 13.2. The molecule has 0 aliphatic heterocycles. The summed E-state index contributed by atoms with van der Waals surface area (Å²) in [6.07, 6.45) is 5.63. The minimum absolute atomic E-state index is 0.120. The van der Waals surface area contributed by atoms with Gasteiger partial charge in [0.05, 0.1) is 18.7 Å². The molecule has 0 saturated heterocycles. The third-order valence-electron chi connectivity index (χ3n) is 4.72. The van der Waals surface area contributed by atoms with Crippen molar-refractivity contribution in [2.24, 2.45) is 5.92 Å².